The van der Waals surface area contributed by atoms with Crippen molar-refractivity contribution in [2.24, 2.45) is 5.92 Å². The predicted molar refractivity (Wildman–Crippen MR) is 104 cm³/mol. The van der Waals surface area contributed by atoms with Gasteiger partial charge in [-0.3, -0.25) is 0 Å². The molecule has 1 unspecified atom stereocenters. The van der Waals surface area contributed by atoms with E-state index in [4.69, 9.17) is 0 Å². The zero-order valence-corrected chi connectivity index (χ0v) is 15.6. The number of hydrogen-bond acceptors (Lipinski definition) is 1. The second-order valence-electron chi connectivity index (χ2n) is 8.20. The van der Waals surface area contributed by atoms with E-state index in [1.807, 2.05) is 24.3 Å². The van der Waals surface area contributed by atoms with Crippen molar-refractivity contribution in [1.29, 1.82) is 0 Å². The molecule has 2 nitrogen and oxygen atoms in total. The molecule has 0 radical (unpaired) electrons. The van der Waals surface area contributed by atoms with Crippen molar-refractivity contribution in [2.45, 2.75) is 45.4 Å². The van der Waals surface area contributed by atoms with E-state index in [0.717, 1.165) is 11.1 Å². The fraction of sp³-hybridized carbons (Fsp3) is 0.348. The Bertz CT molecular complexity index is 856. The van der Waals surface area contributed by atoms with Gasteiger partial charge >= 0.3 is 5.97 Å². The third kappa shape index (κ3) is 2.80. The molecule has 3 rings (SSSR count). The minimum absolute atomic E-state index is 0.127. The van der Waals surface area contributed by atoms with Gasteiger partial charge in [0.25, 0.3) is 0 Å². The van der Waals surface area contributed by atoms with Gasteiger partial charge in [0.15, 0.2) is 0 Å². The maximum Gasteiger partial charge on any atom is 0.336 e. The molecule has 0 heterocycles. The predicted octanol–water partition coefficient (Wildman–Crippen LogP) is 5.76. The highest BCUT2D eigenvalue weighted by molar-refractivity contribution is 5.93. The molecular formula is C23H26O2. The molecule has 1 aliphatic rings. The van der Waals surface area contributed by atoms with Gasteiger partial charge in [-0.1, -0.05) is 83.2 Å². The minimum Gasteiger partial charge on any atom is -0.478 e. The molecule has 1 aliphatic carbocycles. The molecule has 2 aromatic carbocycles. The van der Waals surface area contributed by atoms with Crippen LogP contribution < -0.4 is 0 Å². The van der Waals surface area contributed by atoms with Crippen molar-refractivity contribution in [2.75, 3.05) is 0 Å². The molecule has 0 spiro atoms. The zero-order valence-electron chi connectivity index (χ0n) is 15.6. The molecule has 0 amide bonds. The fourth-order valence-electron chi connectivity index (χ4n) is 4.15. The first-order chi connectivity index (χ1) is 11.7. The van der Waals surface area contributed by atoms with Crippen LogP contribution in [-0.2, 0) is 10.8 Å². The number of aromatic carboxylic acids is 1. The molecule has 1 atom stereocenters. The first-order valence-corrected chi connectivity index (χ1v) is 8.81. The van der Waals surface area contributed by atoms with Gasteiger partial charge < -0.3 is 5.11 Å². The van der Waals surface area contributed by atoms with Crippen LogP contribution in [0.3, 0.4) is 0 Å². The number of carboxylic acids is 1. The molecular weight excluding hydrogens is 308 g/mol. The van der Waals surface area contributed by atoms with E-state index in [1.165, 1.54) is 11.1 Å². The summed E-state index contributed by atoms with van der Waals surface area (Å²) in [6, 6.07) is 13.7. The molecule has 0 aliphatic heterocycles. The van der Waals surface area contributed by atoms with Crippen LogP contribution in [0.2, 0.25) is 0 Å². The number of rotatable bonds is 3. The summed E-state index contributed by atoms with van der Waals surface area (Å²) in [5.41, 5.74) is 5.28. The Hall–Kier alpha value is -2.35. The molecule has 25 heavy (non-hydrogen) atoms. The monoisotopic (exact) mass is 334 g/mol. The topological polar surface area (TPSA) is 37.3 Å². The second kappa shape index (κ2) is 5.87. The summed E-state index contributed by atoms with van der Waals surface area (Å²) in [6.07, 6.45) is 3.90. The van der Waals surface area contributed by atoms with Crippen molar-refractivity contribution in [1.82, 2.24) is 0 Å². The van der Waals surface area contributed by atoms with Crippen LogP contribution in [0, 0.1) is 5.92 Å². The van der Waals surface area contributed by atoms with Gasteiger partial charge in [-0.15, -0.1) is 0 Å². The van der Waals surface area contributed by atoms with Crippen LogP contribution >= 0.6 is 0 Å². The van der Waals surface area contributed by atoms with Crippen molar-refractivity contribution in [3.05, 3.63) is 70.3 Å². The molecule has 1 N–H and O–H groups in total. The van der Waals surface area contributed by atoms with Crippen molar-refractivity contribution < 1.29 is 9.90 Å². The second-order valence-corrected chi connectivity index (χ2v) is 8.20. The van der Waals surface area contributed by atoms with Gasteiger partial charge in [0, 0.05) is 0 Å². The lowest BCUT2D eigenvalue weighted by Crippen LogP contribution is -2.30. The summed E-state index contributed by atoms with van der Waals surface area (Å²) < 4.78 is 0. The first kappa shape index (κ1) is 17.5. The average molecular weight is 334 g/mol. The van der Waals surface area contributed by atoms with Gasteiger partial charge in [0.1, 0.15) is 0 Å². The highest BCUT2D eigenvalue weighted by Gasteiger charge is 2.48. The maximum atomic E-state index is 11.3. The molecule has 2 heteroatoms. The third-order valence-corrected chi connectivity index (χ3v) is 6.24. The summed E-state index contributed by atoms with van der Waals surface area (Å²) in [5, 5.41) is 9.31. The van der Waals surface area contributed by atoms with Crippen LogP contribution in [0.1, 0.15) is 67.2 Å². The van der Waals surface area contributed by atoms with Crippen molar-refractivity contribution in [3.63, 3.8) is 0 Å². The molecule has 0 saturated heterocycles. The number of fused-ring (bicyclic) bond motifs is 1. The van der Waals surface area contributed by atoms with Gasteiger partial charge in [0.2, 0.25) is 0 Å². The highest BCUT2D eigenvalue weighted by Crippen LogP contribution is 2.53. The van der Waals surface area contributed by atoms with E-state index in [0.29, 0.717) is 11.5 Å². The highest BCUT2D eigenvalue weighted by atomic mass is 16.4. The van der Waals surface area contributed by atoms with Crippen LogP contribution in [-0.4, -0.2) is 11.1 Å². The Kier molecular flexibility index (Phi) is 4.10. The van der Waals surface area contributed by atoms with Crippen LogP contribution in [0.4, 0.5) is 0 Å². The lowest BCUT2D eigenvalue weighted by Gasteiger charge is -2.32. The molecule has 0 aromatic heterocycles. The summed E-state index contributed by atoms with van der Waals surface area (Å²) in [6.45, 7) is 11.6. The van der Waals surface area contributed by atoms with Crippen LogP contribution in [0.5, 0.6) is 0 Å². The van der Waals surface area contributed by atoms with Crippen molar-refractivity contribution in [3.8, 4) is 0 Å². The van der Waals surface area contributed by atoms with E-state index in [9.17, 15) is 9.90 Å². The van der Waals surface area contributed by atoms with Crippen LogP contribution in [0.15, 0.2) is 42.5 Å². The average Bonchev–Trinajstić information content (AvgIpc) is 2.71. The lowest BCUT2D eigenvalue weighted by molar-refractivity contribution is 0.0696. The zero-order chi connectivity index (χ0) is 18.4. The Morgan fingerprint density at radius 3 is 2.28 bits per heavy atom. The molecule has 130 valence electrons. The third-order valence-electron chi connectivity index (χ3n) is 6.24. The standard InChI is InChI=1S/C23H26O2/c1-15-22(2,3)19-13-11-16(14-20(19)23(15,4)5)10-12-17-8-6-7-9-18(17)21(24)25/h6-15H,1-5H3,(H,24,25). The summed E-state index contributed by atoms with van der Waals surface area (Å²) in [4.78, 5) is 11.3. The quantitative estimate of drug-likeness (QED) is 0.725. The molecule has 0 bridgehead atoms. The number of hydrogen-bond donors (Lipinski definition) is 1. The Labute approximate surface area is 150 Å². The maximum absolute atomic E-state index is 11.3. The van der Waals surface area contributed by atoms with E-state index < -0.39 is 5.97 Å². The largest absolute Gasteiger partial charge is 0.478 e. The Morgan fingerprint density at radius 2 is 1.60 bits per heavy atom. The number of benzene rings is 2. The lowest BCUT2D eigenvalue weighted by atomic mass is 9.71. The summed E-state index contributed by atoms with van der Waals surface area (Å²) in [7, 11) is 0. The van der Waals surface area contributed by atoms with Gasteiger partial charge in [-0.25, -0.2) is 4.79 Å². The molecule has 2 aromatic rings. The van der Waals surface area contributed by atoms with E-state index >= 15 is 0 Å². The van der Waals surface area contributed by atoms with E-state index in [2.05, 4.69) is 52.8 Å². The first-order valence-electron chi connectivity index (χ1n) is 8.81. The van der Waals surface area contributed by atoms with E-state index in [-0.39, 0.29) is 10.8 Å². The normalized spacial score (nSPS) is 20.6. The number of carbonyl (C=O) groups is 1. The Morgan fingerprint density at radius 1 is 0.960 bits per heavy atom. The SMILES string of the molecule is CC1C(C)(C)c2ccc(C=Cc3ccccc3C(=O)O)cc2C1(C)C. The molecule has 0 fully saturated rings. The van der Waals surface area contributed by atoms with Gasteiger partial charge in [-0.05, 0) is 45.1 Å². The van der Waals surface area contributed by atoms with Gasteiger partial charge in [-0.2, -0.15) is 0 Å². The Balaban J connectivity index is 2.00. The van der Waals surface area contributed by atoms with E-state index in [1.54, 1.807) is 12.1 Å². The molecule has 0 saturated carbocycles. The summed E-state index contributed by atoms with van der Waals surface area (Å²) >= 11 is 0. The summed E-state index contributed by atoms with van der Waals surface area (Å²) in [5.74, 6) is -0.340. The smallest absolute Gasteiger partial charge is 0.336 e. The fourth-order valence-corrected chi connectivity index (χ4v) is 4.15. The minimum atomic E-state index is -0.897. The van der Waals surface area contributed by atoms with Crippen LogP contribution in [0.25, 0.3) is 12.2 Å². The van der Waals surface area contributed by atoms with Gasteiger partial charge in [0.05, 0.1) is 5.56 Å². The number of carboxylic acid groups (broad SMARTS) is 1. The van der Waals surface area contributed by atoms with Crippen molar-refractivity contribution >= 4 is 18.1 Å².